The molecule has 1 unspecified atom stereocenters. The summed E-state index contributed by atoms with van der Waals surface area (Å²) in [5.41, 5.74) is 11.5. The number of carbonyl (C=O) groups excluding carboxylic acids is 1. The predicted molar refractivity (Wildman–Crippen MR) is 122 cm³/mol. The van der Waals surface area contributed by atoms with Crippen LogP contribution >= 0.6 is 11.3 Å². The van der Waals surface area contributed by atoms with Crippen LogP contribution in [0, 0.1) is 18.6 Å². The van der Waals surface area contributed by atoms with Gasteiger partial charge in [-0.2, -0.15) is 5.10 Å². The lowest BCUT2D eigenvalue weighted by Gasteiger charge is -2.26. The largest absolute Gasteiger partial charge is 0.389 e. The molecule has 1 amide bonds. The quantitative estimate of drug-likeness (QED) is 0.475. The number of carbonyl (C=O) groups is 1. The Morgan fingerprint density at radius 3 is 2.79 bits per heavy atom. The van der Waals surface area contributed by atoms with Gasteiger partial charge in [-0.3, -0.25) is 9.48 Å². The van der Waals surface area contributed by atoms with Crippen molar-refractivity contribution in [3.8, 4) is 10.6 Å². The van der Waals surface area contributed by atoms with Crippen molar-refractivity contribution < 1.29 is 22.4 Å². The van der Waals surface area contributed by atoms with Crippen molar-refractivity contribution in [3.05, 3.63) is 41.2 Å². The van der Waals surface area contributed by atoms with Crippen LogP contribution in [0.15, 0.2) is 18.3 Å². The Labute approximate surface area is 196 Å². The molecule has 0 aliphatic carbocycles. The van der Waals surface area contributed by atoms with Gasteiger partial charge in [0.05, 0.1) is 18.3 Å². The number of nitrogens with zero attached hydrogens (tertiary/aromatic N) is 4. The van der Waals surface area contributed by atoms with Gasteiger partial charge in [-0.05, 0) is 25.0 Å². The van der Waals surface area contributed by atoms with E-state index in [0.29, 0.717) is 6.42 Å². The number of thiazole rings is 1. The maximum atomic E-state index is 14.5. The van der Waals surface area contributed by atoms with E-state index in [-0.39, 0.29) is 44.9 Å². The Morgan fingerprint density at radius 1 is 1.32 bits per heavy atom. The molecule has 1 aliphatic heterocycles. The van der Waals surface area contributed by atoms with Crippen LogP contribution in [0.4, 0.5) is 34.1 Å². The van der Waals surface area contributed by atoms with Crippen molar-refractivity contribution in [2.75, 3.05) is 29.0 Å². The van der Waals surface area contributed by atoms with Gasteiger partial charge in [-0.25, -0.2) is 22.5 Å². The molecule has 1 aromatic carbocycles. The molecule has 3 aromatic rings. The molecule has 13 heteroatoms. The van der Waals surface area contributed by atoms with E-state index in [9.17, 15) is 22.4 Å². The van der Waals surface area contributed by atoms with Gasteiger partial charge in [0.15, 0.2) is 11.5 Å². The van der Waals surface area contributed by atoms with Gasteiger partial charge >= 0.3 is 0 Å². The lowest BCUT2D eigenvalue weighted by Crippen LogP contribution is -2.37. The van der Waals surface area contributed by atoms with E-state index in [4.69, 9.17) is 11.5 Å². The van der Waals surface area contributed by atoms with Gasteiger partial charge in [0.25, 0.3) is 11.8 Å². The Balaban J connectivity index is 1.63. The normalized spacial score (nSPS) is 18.1. The predicted octanol–water partition coefficient (Wildman–Crippen LogP) is 3.53. The van der Waals surface area contributed by atoms with E-state index in [2.05, 4.69) is 15.4 Å². The lowest BCUT2D eigenvalue weighted by molar-refractivity contribution is -0.000527. The number of benzene rings is 1. The van der Waals surface area contributed by atoms with E-state index in [1.165, 1.54) is 28.8 Å². The summed E-state index contributed by atoms with van der Waals surface area (Å²) in [6.45, 7) is 1.14. The van der Waals surface area contributed by atoms with Crippen molar-refractivity contribution in [2.24, 2.45) is 12.8 Å². The van der Waals surface area contributed by atoms with Crippen LogP contribution in [0.3, 0.4) is 0 Å². The number of aromatic nitrogens is 3. The molecule has 1 atom stereocenters. The number of anilines is 3. The summed E-state index contributed by atoms with van der Waals surface area (Å²) < 4.78 is 58.8. The van der Waals surface area contributed by atoms with Gasteiger partial charge in [0.1, 0.15) is 27.3 Å². The third-order valence-electron chi connectivity index (χ3n) is 5.57. The molecule has 1 saturated heterocycles. The number of halogens is 4. The Morgan fingerprint density at radius 2 is 2.06 bits per heavy atom. The average molecular weight is 498 g/mol. The Kier molecular flexibility index (Phi) is 6.25. The zero-order valence-corrected chi connectivity index (χ0v) is 19.2. The molecule has 1 fully saturated rings. The van der Waals surface area contributed by atoms with Gasteiger partial charge in [-0.1, -0.05) is 17.4 Å². The Hall–Kier alpha value is -3.19. The summed E-state index contributed by atoms with van der Waals surface area (Å²) in [5.74, 6) is -5.14. The van der Waals surface area contributed by atoms with Crippen molar-refractivity contribution >= 4 is 33.8 Å². The van der Waals surface area contributed by atoms with Crippen molar-refractivity contribution in [1.82, 2.24) is 14.8 Å². The molecule has 3 heterocycles. The molecule has 1 aliphatic rings. The minimum absolute atomic E-state index is 0.0504. The third kappa shape index (κ3) is 4.57. The molecular formula is C21H23F4N7OS. The molecule has 182 valence electrons. The highest BCUT2D eigenvalue weighted by Gasteiger charge is 2.38. The summed E-state index contributed by atoms with van der Waals surface area (Å²) in [6.07, 6.45) is 1.22. The first kappa shape index (κ1) is 24.0. The van der Waals surface area contributed by atoms with Crippen LogP contribution in [0.1, 0.15) is 28.9 Å². The van der Waals surface area contributed by atoms with E-state index in [1.807, 2.05) is 0 Å². The molecule has 2 aromatic heterocycles. The zero-order chi connectivity index (χ0) is 24.8. The van der Waals surface area contributed by atoms with Crippen molar-refractivity contribution in [3.63, 3.8) is 0 Å². The van der Waals surface area contributed by atoms with Crippen molar-refractivity contribution in [1.29, 1.82) is 0 Å². The summed E-state index contributed by atoms with van der Waals surface area (Å²) in [6, 6.07) is 1.75. The zero-order valence-electron chi connectivity index (χ0n) is 18.4. The average Bonchev–Trinajstić information content (AvgIpc) is 3.26. The minimum atomic E-state index is -3.02. The van der Waals surface area contributed by atoms with Gasteiger partial charge < -0.3 is 21.7 Å². The third-order valence-corrected chi connectivity index (χ3v) is 6.48. The highest BCUT2D eigenvalue weighted by atomic mass is 32.1. The number of nitrogen functional groups attached to an aromatic ring is 1. The van der Waals surface area contributed by atoms with Gasteiger partial charge in [-0.15, -0.1) is 0 Å². The second kappa shape index (κ2) is 8.87. The van der Waals surface area contributed by atoms with Crippen LogP contribution < -0.4 is 21.7 Å². The molecule has 5 N–H and O–H groups in total. The lowest BCUT2D eigenvalue weighted by atomic mass is 10.1. The standard InChI is InChI=1S/C21H23F4N7OS/c1-10-3-4-12(22)14(15(10)23)19-30-16(17(27)34-19)18(33)29-13-8-28-31(2)20(13)32-6-5-11(26)7-21(24,25)9-32/h3-4,8,11H,5-7,9,26-27H2,1-2H3,(H,29,33). The first-order valence-corrected chi connectivity index (χ1v) is 11.2. The second-order valence-corrected chi connectivity index (χ2v) is 9.31. The second-order valence-electron chi connectivity index (χ2n) is 8.28. The highest BCUT2D eigenvalue weighted by Crippen LogP contribution is 2.36. The van der Waals surface area contributed by atoms with E-state index >= 15 is 0 Å². The van der Waals surface area contributed by atoms with Crippen LogP contribution in [0.5, 0.6) is 0 Å². The molecule has 34 heavy (non-hydrogen) atoms. The van der Waals surface area contributed by atoms with E-state index < -0.39 is 42.5 Å². The highest BCUT2D eigenvalue weighted by molar-refractivity contribution is 7.19. The molecular weight excluding hydrogens is 474 g/mol. The van der Waals surface area contributed by atoms with E-state index in [0.717, 1.165) is 17.4 Å². The fourth-order valence-corrected chi connectivity index (χ4v) is 4.81. The van der Waals surface area contributed by atoms with Crippen molar-refractivity contribution in [2.45, 2.75) is 31.7 Å². The van der Waals surface area contributed by atoms with Crippen LogP contribution in [-0.2, 0) is 7.05 Å². The number of hydrogen-bond donors (Lipinski definition) is 3. The SMILES string of the molecule is Cc1ccc(F)c(-c2nc(C(=O)Nc3cnn(C)c3N3CCC(N)CC(F)(F)C3)c(N)s2)c1F. The first-order valence-electron chi connectivity index (χ1n) is 10.4. The smallest absolute Gasteiger partial charge is 0.277 e. The summed E-state index contributed by atoms with van der Waals surface area (Å²) >= 11 is 0.765. The molecule has 8 nitrogen and oxygen atoms in total. The number of rotatable bonds is 4. The van der Waals surface area contributed by atoms with Crippen LogP contribution in [-0.4, -0.2) is 45.7 Å². The maximum absolute atomic E-state index is 14.5. The first-order chi connectivity index (χ1) is 16.0. The number of alkyl halides is 2. The summed E-state index contributed by atoms with van der Waals surface area (Å²) in [7, 11) is 1.56. The Bertz CT molecular complexity index is 1240. The number of nitrogens with one attached hydrogen (secondary N) is 1. The molecule has 4 rings (SSSR count). The monoisotopic (exact) mass is 497 g/mol. The van der Waals surface area contributed by atoms with Gasteiger partial charge in [0, 0.05) is 26.1 Å². The molecule has 0 radical (unpaired) electrons. The molecule has 0 spiro atoms. The topological polar surface area (TPSA) is 115 Å². The summed E-state index contributed by atoms with van der Waals surface area (Å²) in [5, 5.41) is 6.53. The minimum Gasteiger partial charge on any atom is -0.389 e. The van der Waals surface area contributed by atoms with Gasteiger partial charge in [0.2, 0.25) is 0 Å². The molecule has 0 bridgehead atoms. The van der Waals surface area contributed by atoms with Crippen LogP contribution in [0.25, 0.3) is 10.6 Å². The summed E-state index contributed by atoms with van der Waals surface area (Å²) in [4.78, 5) is 18.4. The number of amides is 1. The number of hydrogen-bond acceptors (Lipinski definition) is 7. The number of nitrogens with two attached hydrogens (primary N) is 2. The van der Waals surface area contributed by atoms with E-state index in [1.54, 1.807) is 7.05 Å². The maximum Gasteiger partial charge on any atom is 0.277 e. The number of aryl methyl sites for hydroxylation is 2. The fraction of sp³-hybridized carbons (Fsp3) is 0.381. The fourth-order valence-electron chi connectivity index (χ4n) is 3.94. The van der Waals surface area contributed by atoms with Crippen LogP contribution in [0.2, 0.25) is 0 Å². The molecule has 0 saturated carbocycles.